The Morgan fingerprint density at radius 2 is 1.77 bits per heavy atom. The Morgan fingerprint density at radius 3 is 2.32 bits per heavy atom. The molecule has 0 fully saturated rings. The predicted molar refractivity (Wildman–Crippen MR) is 93.6 cm³/mol. The van der Waals surface area contributed by atoms with Crippen molar-refractivity contribution in [3.05, 3.63) is 58.1 Å². The fraction of sp³-hybridized carbons (Fsp3) is 0.235. The van der Waals surface area contributed by atoms with Crippen LogP contribution in [0.4, 0.5) is 11.4 Å². The lowest BCUT2D eigenvalue weighted by atomic mass is 9.93. The van der Waals surface area contributed by atoms with Gasteiger partial charge in [-0.25, -0.2) is 0 Å². The molecule has 0 aliphatic carbocycles. The first kappa shape index (κ1) is 16.7. The molecule has 0 spiro atoms. The van der Waals surface area contributed by atoms with Crippen LogP contribution in [0.1, 0.15) is 31.2 Å². The number of nitrogen functional groups attached to an aromatic ring is 1. The Bertz CT molecular complexity index is 636. The lowest BCUT2D eigenvalue weighted by Crippen LogP contribution is -2.21. The van der Waals surface area contributed by atoms with E-state index in [1.54, 1.807) is 12.1 Å². The molecule has 1 amide bonds. The van der Waals surface area contributed by atoms with E-state index in [1.807, 2.05) is 30.3 Å². The molecule has 0 saturated carbocycles. The molecule has 0 aromatic heterocycles. The first-order valence-corrected chi connectivity index (χ1v) is 7.88. The van der Waals surface area contributed by atoms with Crippen LogP contribution in [-0.4, -0.2) is 5.91 Å². The van der Waals surface area contributed by atoms with Crippen molar-refractivity contribution in [1.29, 1.82) is 0 Å². The van der Waals surface area contributed by atoms with Crippen LogP contribution in [-0.2, 0) is 4.79 Å². The van der Waals surface area contributed by atoms with E-state index in [-0.39, 0.29) is 11.8 Å². The number of rotatable bonds is 5. The maximum atomic E-state index is 12.6. The second-order valence-corrected chi connectivity index (χ2v) is 5.91. The number of nitrogens with one attached hydrogen (secondary N) is 1. The third kappa shape index (κ3) is 3.93. The van der Waals surface area contributed by atoms with Gasteiger partial charge in [0.15, 0.2) is 0 Å². The van der Waals surface area contributed by atoms with Gasteiger partial charge in [-0.3, -0.25) is 4.79 Å². The van der Waals surface area contributed by atoms with Gasteiger partial charge >= 0.3 is 0 Å². The van der Waals surface area contributed by atoms with E-state index in [1.165, 1.54) is 0 Å². The number of halogens is 2. The van der Waals surface area contributed by atoms with Crippen molar-refractivity contribution < 1.29 is 4.79 Å². The van der Waals surface area contributed by atoms with E-state index in [2.05, 4.69) is 12.2 Å². The molecule has 116 valence electrons. The summed E-state index contributed by atoms with van der Waals surface area (Å²) in [6.07, 6.45) is 1.68. The van der Waals surface area contributed by atoms with Gasteiger partial charge in [-0.1, -0.05) is 66.9 Å². The summed E-state index contributed by atoms with van der Waals surface area (Å²) in [5, 5.41) is 3.53. The Hall–Kier alpha value is -1.71. The van der Waals surface area contributed by atoms with Gasteiger partial charge < -0.3 is 11.1 Å². The molecule has 2 aromatic carbocycles. The molecule has 1 atom stereocenters. The van der Waals surface area contributed by atoms with Gasteiger partial charge in [-0.2, -0.15) is 0 Å². The Labute approximate surface area is 140 Å². The molecular formula is C17H18Cl2N2O. The van der Waals surface area contributed by atoms with Crippen LogP contribution in [0.3, 0.4) is 0 Å². The van der Waals surface area contributed by atoms with Crippen molar-refractivity contribution in [2.45, 2.75) is 25.7 Å². The number of carbonyl (C=O) groups is 1. The zero-order chi connectivity index (χ0) is 16.1. The zero-order valence-corrected chi connectivity index (χ0v) is 13.8. The third-order valence-corrected chi connectivity index (χ3v) is 4.07. The second-order valence-electron chi connectivity index (χ2n) is 5.09. The highest BCUT2D eigenvalue weighted by Crippen LogP contribution is 2.32. The van der Waals surface area contributed by atoms with E-state index < -0.39 is 0 Å². The van der Waals surface area contributed by atoms with Crippen molar-refractivity contribution in [2.24, 2.45) is 0 Å². The highest BCUT2D eigenvalue weighted by molar-refractivity contribution is 6.39. The molecule has 3 nitrogen and oxygen atoms in total. The van der Waals surface area contributed by atoms with Gasteiger partial charge in [0.2, 0.25) is 5.91 Å². The van der Waals surface area contributed by atoms with Gasteiger partial charge in [0, 0.05) is 5.69 Å². The van der Waals surface area contributed by atoms with Crippen molar-refractivity contribution in [1.82, 2.24) is 0 Å². The quantitative estimate of drug-likeness (QED) is 0.746. The minimum absolute atomic E-state index is 0.0787. The van der Waals surface area contributed by atoms with Crippen LogP contribution in [0.25, 0.3) is 0 Å². The summed E-state index contributed by atoms with van der Waals surface area (Å²) in [5.41, 5.74) is 7.56. The monoisotopic (exact) mass is 336 g/mol. The van der Waals surface area contributed by atoms with E-state index in [0.717, 1.165) is 18.4 Å². The molecule has 0 saturated heterocycles. The van der Waals surface area contributed by atoms with Crippen LogP contribution in [0.15, 0.2) is 42.5 Å². The summed E-state index contributed by atoms with van der Waals surface area (Å²) in [4.78, 5) is 12.6. The zero-order valence-electron chi connectivity index (χ0n) is 12.3. The molecule has 2 rings (SSSR count). The number of anilines is 2. The molecule has 0 aliphatic rings. The predicted octanol–water partition coefficient (Wildman–Crippen LogP) is 5.10. The van der Waals surface area contributed by atoms with E-state index in [0.29, 0.717) is 21.4 Å². The Balaban J connectivity index is 2.22. The summed E-state index contributed by atoms with van der Waals surface area (Å²) in [5.74, 6) is -0.286. The maximum absolute atomic E-state index is 12.6. The average molecular weight is 337 g/mol. The average Bonchev–Trinajstić information content (AvgIpc) is 2.51. The van der Waals surface area contributed by atoms with Gasteiger partial charge in [0.05, 0.1) is 21.7 Å². The van der Waals surface area contributed by atoms with Crippen LogP contribution < -0.4 is 11.1 Å². The summed E-state index contributed by atoms with van der Waals surface area (Å²) in [7, 11) is 0. The normalized spacial score (nSPS) is 12.0. The molecule has 0 bridgehead atoms. The third-order valence-electron chi connectivity index (χ3n) is 3.44. The summed E-state index contributed by atoms with van der Waals surface area (Å²) in [6.45, 7) is 2.06. The Kier molecular flexibility index (Phi) is 5.69. The minimum atomic E-state index is -0.207. The highest BCUT2D eigenvalue weighted by Gasteiger charge is 2.20. The molecule has 0 unspecified atom stereocenters. The van der Waals surface area contributed by atoms with Crippen molar-refractivity contribution >= 4 is 40.5 Å². The summed E-state index contributed by atoms with van der Waals surface area (Å²) in [6, 6.07) is 12.9. The first-order valence-electron chi connectivity index (χ1n) is 7.13. The lowest BCUT2D eigenvalue weighted by molar-refractivity contribution is -0.117. The molecule has 0 aliphatic heterocycles. The fourth-order valence-electron chi connectivity index (χ4n) is 2.31. The number of nitrogens with two attached hydrogens (primary N) is 1. The second kappa shape index (κ2) is 7.52. The fourth-order valence-corrected chi connectivity index (χ4v) is 2.80. The van der Waals surface area contributed by atoms with E-state index in [4.69, 9.17) is 28.9 Å². The number of amides is 1. The maximum Gasteiger partial charge on any atom is 0.231 e. The van der Waals surface area contributed by atoms with Crippen LogP contribution >= 0.6 is 23.2 Å². The summed E-state index contributed by atoms with van der Waals surface area (Å²) >= 11 is 12.0. The number of carbonyl (C=O) groups excluding carboxylic acids is 1. The van der Waals surface area contributed by atoms with E-state index in [9.17, 15) is 4.79 Å². The van der Waals surface area contributed by atoms with Crippen molar-refractivity contribution in [3.8, 4) is 0 Å². The highest BCUT2D eigenvalue weighted by atomic mass is 35.5. The van der Waals surface area contributed by atoms with Crippen molar-refractivity contribution in [2.75, 3.05) is 11.1 Å². The molecule has 3 N–H and O–H groups in total. The molecule has 0 heterocycles. The van der Waals surface area contributed by atoms with Gasteiger partial charge in [0.25, 0.3) is 0 Å². The van der Waals surface area contributed by atoms with Gasteiger partial charge in [-0.15, -0.1) is 0 Å². The standard InChI is InChI=1S/C17H18Cl2N2O/c1-2-6-13(11-7-4-3-5-8-11)17(22)21-12-9-14(18)16(20)15(19)10-12/h3-5,7-10,13H,2,6,20H2,1H3,(H,21,22)/t13-/m0/s1. The molecule has 22 heavy (non-hydrogen) atoms. The molecular weight excluding hydrogens is 319 g/mol. The van der Waals surface area contributed by atoms with Gasteiger partial charge in [-0.05, 0) is 24.1 Å². The van der Waals surface area contributed by atoms with Crippen LogP contribution in [0, 0.1) is 0 Å². The van der Waals surface area contributed by atoms with E-state index >= 15 is 0 Å². The molecule has 5 heteroatoms. The SMILES string of the molecule is CCC[C@H](C(=O)Nc1cc(Cl)c(N)c(Cl)c1)c1ccccc1. The Morgan fingerprint density at radius 1 is 1.18 bits per heavy atom. The van der Waals surface area contributed by atoms with Gasteiger partial charge in [0.1, 0.15) is 0 Å². The number of hydrogen-bond donors (Lipinski definition) is 2. The topological polar surface area (TPSA) is 55.1 Å². The van der Waals surface area contributed by atoms with Crippen LogP contribution in [0.2, 0.25) is 10.0 Å². The molecule has 2 aromatic rings. The number of benzene rings is 2. The smallest absolute Gasteiger partial charge is 0.231 e. The number of hydrogen-bond acceptors (Lipinski definition) is 2. The first-order chi connectivity index (χ1) is 10.5. The molecule has 0 radical (unpaired) electrons. The lowest BCUT2D eigenvalue weighted by Gasteiger charge is -2.17. The minimum Gasteiger partial charge on any atom is -0.396 e. The van der Waals surface area contributed by atoms with Crippen LogP contribution in [0.5, 0.6) is 0 Å². The van der Waals surface area contributed by atoms with Crippen molar-refractivity contribution in [3.63, 3.8) is 0 Å². The summed E-state index contributed by atoms with van der Waals surface area (Å²) < 4.78 is 0. The largest absolute Gasteiger partial charge is 0.396 e.